The van der Waals surface area contributed by atoms with Gasteiger partial charge in [-0.25, -0.2) is 4.79 Å². The summed E-state index contributed by atoms with van der Waals surface area (Å²) >= 11 is 0. The number of benzene rings is 2. The van der Waals surface area contributed by atoms with Crippen LogP contribution in [0.4, 0.5) is 10.5 Å². The van der Waals surface area contributed by atoms with Gasteiger partial charge >= 0.3 is 6.03 Å². The first-order valence-electron chi connectivity index (χ1n) is 9.82. The molecule has 152 valence electrons. The van der Waals surface area contributed by atoms with E-state index < -0.39 is 6.10 Å². The van der Waals surface area contributed by atoms with Crippen LogP contribution in [0, 0.1) is 13.8 Å². The molecule has 0 bridgehead atoms. The second-order valence-corrected chi connectivity index (χ2v) is 7.35. The molecule has 0 aliphatic carbocycles. The number of hydrogen-bond donors (Lipinski definition) is 1. The summed E-state index contributed by atoms with van der Waals surface area (Å²) in [4.78, 5) is 28.9. The summed E-state index contributed by atoms with van der Waals surface area (Å²) in [7, 11) is 0. The minimum absolute atomic E-state index is 0.103. The van der Waals surface area contributed by atoms with Crippen LogP contribution in [0.5, 0.6) is 11.5 Å². The molecular formula is C22H25N3O4. The zero-order chi connectivity index (χ0) is 20.4. The lowest BCUT2D eigenvalue weighted by Gasteiger charge is -2.37. The Kier molecular flexibility index (Phi) is 5.29. The molecule has 4 rings (SSSR count). The molecule has 0 radical (unpaired) electrons. The highest BCUT2D eigenvalue weighted by atomic mass is 16.6. The van der Waals surface area contributed by atoms with Crippen molar-refractivity contribution in [2.45, 2.75) is 20.0 Å². The lowest BCUT2D eigenvalue weighted by Crippen LogP contribution is -2.55. The molecule has 7 heteroatoms. The zero-order valence-electron chi connectivity index (χ0n) is 16.7. The summed E-state index contributed by atoms with van der Waals surface area (Å²) in [5.41, 5.74) is 3.01. The van der Waals surface area contributed by atoms with Crippen LogP contribution < -0.4 is 14.8 Å². The van der Waals surface area contributed by atoms with Crippen molar-refractivity contribution < 1.29 is 19.1 Å². The Balaban J connectivity index is 1.32. The van der Waals surface area contributed by atoms with Gasteiger partial charge in [0.25, 0.3) is 5.91 Å². The van der Waals surface area contributed by atoms with E-state index in [-0.39, 0.29) is 18.5 Å². The van der Waals surface area contributed by atoms with E-state index >= 15 is 0 Å². The lowest BCUT2D eigenvalue weighted by molar-refractivity contribution is -0.142. The standard InChI is InChI=1S/C22H25N3O4/c1-15-6-5-7-17(16(15)2)23-22(27)25-12-10-24(11-13-25)21(26)20-14-28-18-8-3-4-9-19(18)29-20/h3-9,20H,10-14H2,1-2H3,(H,23,27). The number of fused-ring (bicyclic) bond motifs is 1. The Morgan fingerprint density at radius 2 is 1.62 bits per heavy atom. The number of piperazine rings is 1. The Labute approximate surface area is 170 Å². The zero-order valence-corrected chi connectivity index (χ0v) is 16.7. The Morgan fingerprint density at radius 1 is 0.931 bits per heavy atom. The van der Waals surface area contributed by atoms with Gasteiger partial charge in [-0.2, -0.15) is 0 Å². The van der Waals surface area contributed by atoms with Crippen molar-refractivity contribution in [2.24, 2.45) is 0 Å². The largest absolute Gasteiger partial charge is 0.485 e. The highest BCUT2D eigenvalue weighted by Gasteiger charge is 2.33. The Morgan fingerprint density at radius 3 is 2.38 bits per heavy atom. The average molecular weight is 395 g/mol. The summed E-state index contributed by atoms with van der Waals surface area (Å²) in [6.45, 7) is 6.11. The first-order valence-corrected chi connectivity index (χ1v) is 9.82. The van der Waals surface area contributed by atoms with Crippen molar-refractivity contribution in [1.82, 2.24) is 9.80 Å². The first kappa shape index (κ1) is 19.1. The number of para-hydroxylation sites is 2. The molecule has 1 N–H and O–H groups in total. The minimum atomic E-state index is -0.653. The van der Waals surface area contributed by atoms with Crippen LogP contribution in [-0.2, 0) is 4.79 Å². The van der Waals surface area contributed by atoms with Crippen LogP contribution in [-0.4, -0.2) is 60.6 Å². The van der Waals surface area contributed by atoms with Gasteiger partial charge in [-0.3, -0.25) is 4.79 Å². The second kappa shape index (κ2) is 8.03. The second-order valence-electron chi connectivity index (χ2n) is 7.35. The molecule has 7 nitrogen and oxygen atoms in total. The van der Waals surface area contributed by atoms with Gasteiger partial charge in [-0.05, 0) is 43.2 Å². The summed E-state index contributed by atoms with van der Waals surface area (Å²) in [5, 5.41) is 2.98. The van der Waals surface area contributed by atoms with E-state index in [4.69, 9.17) is 9.47 Å². The number of carbonyl (C=O) groups is 2. The number of urea groups is 1. The number of rotatable bonds is 2. The molecule has 2 heterocycles. The van der Waals surface area contributed by atoms with Crippen molar-refractivity contribution in [3.63, 3.8) is 0 Å². The number of nitrogens with zero attached hydrogens (tertiary/aromatic N) is 2. The highest BCUT2D eigenvalue weighted by molar-refractivity contribution is 5.90. The van der Waals surface area contributed by atoms with Gasteiger partial charge in [-0.1, -0.05) is 24.3 Å². The molecule has 0 saturated carbocycles. The summed E-state index contributed by atoms with van der Waals surface area (Å²) < 4.78 is 11.5. The molecule has 1 fully saturated rings. The monoisotopic (exact) mass is 395 g/mol. The van der Waals surface area contributed by atoms with Gasteiger partial charge in [-0.15, -0.1) is 0 Å². The number of anilines is 1. The SMILES string of the molecule is Cc1cccc(NC(=O)N2CCN(C(=O)C3COc4ccccc4O3)CC2)c1C. The van der Waals surface area contributed by atoms with Gasteiger partial charge < -0.3 is 24.6 Å². The maximum absolute atomic E-state index is 12.8. The van der Waals surface area contributed by atoms with Crippen LogP contribution in [0.1, 0.15) is 11.1 Å². The van der Waals surface area contributed by atoms with Crippen LogP contribution >= 0.6 is 0 Å². The predicted octanol–water partition coefficient (Wildman–Crippen LogP) is 2.82. The smallest absolute Gasteiger partial charge is 0.321 e. The van der Waals surface area contributed by atoms with Crippen LogP contribution in [0.15, 0.2) is 42.5 Å². The van der Waals surface area contributed by atoms with Crippen molar-refractivity contribution in [3.05, 3.63) is 53.6 Å². The van der Waals surface area contributed by atoms with E-state index in [0.717, 1.165) is 16.8 Å². The fourth-order valence-corrected chi connectivity index (χ4v) is 3.56. The maximum atomic E-state index is 12.8. The topological polar surface area (TPSA) is 71.1 Å². The molecule has 0 spiro atoms. The molecule has 2 aromatic rings. The van der Waals surface area contributed by atoms with Gasteiger partial charge in [0.15, 0.2) is 11.5 Å². The number of hydrogen-bond acceptors (Lipinski definition) is 4. The average Bonchev–Trinajstić information content (AvgIpc) is 2.76. The van der Waals surface area contributed by atoms with E-state index in [2.05, 4.69) is 5.32 Å². The molecular weight excluding hydrogens is 370 g/mol. The molecule has 1 saturated heterocycles. The van der Waals surface area contributed by atoms with E-state index in [9.17, 15) is 9.59 Å². The first-order chi connectivity index (χ1) is 14.0. The highest BCUT2D eigenvalue weighted by Crippen LogP contribution is 2.31. The minimum Gasteiger partial charge on any atom is -0.485 e. The molecule has 0 aromatic heterocycles. The number of amides is 3. The maximum Gasteiger partial charge on any atom is 0.321 e. The molecule has 2 aliphatic rings. The Hall–Kier alpha value is -3.22. The lowest BCUT2D eigenvalue weighted by atomic mass is 10.1. The van der Waals surface area contributed by atoms with Crippen molar-refractivity contribution in [1.29, 1.82) is 0 Å². The summed E-state index contributed by atoms with van der Waals surface area (Å²) in [5.74, 6) is 1.14. The predicted molar refractivity (Wildman–Crippen MR) is 109 cm³/mol. The molecule has 2 aliphatic heterocycles. The third-order valence-electron chi connectivity index (χ3n) is 5.51. The third-order valence-corrected chi connectivity index (χ3v) is 5.51. The quantitative estimate of drug-likeness (QED) is 0.849. The van der Waals surface area contributed by atoms with Crippen LogP contribution in [0.2, 0.25) is 0 Å². The molecule has 2 aromatic carbocycles. The van der Waals surface area contributed by atoms with Crippen molar-refractivity contribution >= 4 is 17.6 Å². The van der Waals surface area contributed by atoms with E-state index in [1.165, 1.54) is 0 Å². The third kappa shape index (κ3) is 3.99. The molecule has 1 unspecified atom stereocenters. The normalized spacial score (nSPS) is 18.3. The number of aryl methyl sites for hydroxylation is 1. The van der Waals surface area contributed by atoms with Crippen LogP contribution in [0.25, 0.3) is 0 Å². The van der Waals surface area contributed by atoms with Crippen molar-refractivity contribution in [2.75, 3.05) is 38.1 Å². The van der Waals surface area contributed by atoms with Gasteiger partial charge in [0.1, 0.15) is 6.61 Å². The van der Waals surface area contributed by atoms with E-state index in [0.29, 0.717) is 37.7 Å². The van der Waals surface area contributed by atoms with Crippen LogP contribution in [0.3, 0.4) is 0 Å². The van der Waals surface area contributed by atoms with Crippen molar-refractivity contribution in [3.8, 4) is 11.5 Å². The van der Waals surface area contributed by atoms with Gasteiger partial charge in [0.05, 0.1) is 0 Å². The Bertz CT molecular complexity index is 922. The fourth-order valence-electron chi connectivity index (χ4n) is 3.56. The van der Waals surface area contributed by atoms with Gasteiger partial charge in [0.2, 0.25) is 6.10 Å². The molecule has 1 atom stereocenters. The fraction of sp³-hybridized carbons (Fsp3) is 0.364. The number of ether oxygens (including phenoxy) is 2. The summed E-state index contributed by atoms with van der Waals surface area (Å²) in [6, 6.07) is 13.0. The van der Waals surface area contributed by atoms with Gasteiger partial charge in [0, 0.05) is 31.9 Å². The number of carbonyl (C=O) groups excluding carboxylic acids is 2. The molecule has 3 amide bonds. The van der Waals surface area contributed by atoms with E-state index in [1.807, 2.05) is 50.2 Å². The summed E-state index contributed by atoms with van der Waals surface area (Å²) in [6.07, 6.45) is -0.653. The molecule has 29 heavy (non-hydrogen) atoms. The number of nitrogens with one attached hydrogen (secondary N) is 1. The van der Waals surface area contributed by atoms with E-state index in [1.54, 1.807) is 15.9 Å².